The fourth-order valence-electron chi connectivity index (χ4n) is 2.10. The van der Waals surface area contributed by atoms with E-state index in [2.05, 4.69) is 24.6 Å². The van der Waals surface area contributed by atoms with E-state index in [-0.39, 0.29) is 23.8 Å². The largest absolute Gasteiger partial charge is 0.439 e. The first kappa shape index (κ1) is 15.7. The molecule has 0 saturated carbocycles. The van der Waals surface area contributed by atoms with Gasteiger partial charge in [-0.05, 0) is 17.7 Å². The third-order valence-corrected chi connectivity index (χ3v) is 3.18. The number of hydrogen-bond donors (Lipinski definition) is 2. The molecule has 24 heavy (non-hydrogen) atoms. The summed E-state index contributed by atoms with van der Waals surface area (Å²) in [6, 6.07) is 4.63. The molecule has 0 aliphatic rings. The van der Waals surface area contributed by atoms with E-state index in [0.717, 1.165) is 12.1 Å². The molecule has 0 aliphatic carbocycles. The van der Waals surface area contributed by atoms with E-state index in [1.54, 1.807) is 0 Å². The quantitative estimate of drug-likeness (QED) is 0.756. The number of benzene rings is 1. The highest BCUT2D eigenvalue weighted by Crippen LogP contribution is 2.29. The molecule has 0 spiro atoms. The smallest absolute Gasteiger partial charge is 0.382 e. The lowest BCUT2D eigenvalue weighted by atomic mass is 10.1. The van der Waals surface area contributed by atoms with Crippen LogP contribution in [0.3, 0.4) is 0 Å². The molecule has 0 bridgehead atoms. The van der Waals surface area contributed by atoms with Crippen LogP contribution in [0.4, 0.5) is 19.0 Å². The summed E-state index contributed by atoms with van der Waals surface area (Å²) in [5.41, 5.74) is 6.01. The molecule has 0 atom stereocenters. The highest BCUT2D eigenvalue weighted by Gasteiger charge is 2.30. The Kier molecular flexibility index (Phi) is 3.80. The van der Waals surface area contributed by atoms with Gasteiger partial charge >= 0.3 is 11.9 Å². The first-order chi connectivity index (χ1) is 11.3. The van der Waals surface area contributed by atoms with Crippen molar-refractivity contribution in [3.8, 4) is 11.5 Å². The topological polar surface area (TPSA) is 111 Å². The number of alkyl halides is 3. The number of aromatic amines is 1. The number of nitrogens with one attached hydrogen (secondary N) is 1. The highest BCUT2D eigenvalue weighted by molar-refractivity contribution is 5.54. The predicted molar refractivity (Wildman–Crippen MR) is 76.8 cm³/mol. The first-order valence-corrected chi connectivity index (χ1v) is 6.67. The minimum absolute atomic E-state index is 0.0643. The molecule has 3 rings (SSSR count). The molecule has 0 radical (unpaired) electrons. The molecule has 124 valence electrons. The Morgan fingerprint density at radius 1 is 1.21 bits per heavy atom. The Balaban J connectivity index is 1.95. The van der Waals surface area contributed by atoms with Gasteiger partial charge in [0.1, 0.15) is 11.5 Å². The van der Waals surface area contributed by atoms with Crippen molar-refractivity contribution in [2.45, 2.75) is 12.6 Å². The number of hydrogen-bond acceptors (Lipinski definition) is 6. The van der Waals surface area contributed by atoms with Gasteiger partial charge in [-0.15, -0.1) is 0 Å². The van der Waals surface area contributed by atoms with Crippen LogP contribution in [0.25, 0.3) is 11.5 Å². The molecular formula is C14H10F3N5O2. The highest BCUT2D eigenvalue weighted by atomic mass is 19.4. The Bertz CT molecular complexity index is 915. The summed E-state index contributed by atoms with van der Waals surface area (Å²) < 4.78 is 42.2. The van der Waals surface area contributed by atoms with Gasteiger partial charge in [0.15, 0.2) is 0 Å². The van der Waals surface area contributed by atoms with Crippen LogP contribution in [-0.4, -0.2) is 20.1 Å². The lowest BCUT2D eigenvalue weighted by Crippen LogP contribution is -2.06. The lowest BCUT2D eigenvalue weighted by molar-refractivity contribution is -0.137. The summed E-state index contributed by atoms with van der Waals surface area (Å²) in [7, 11) is 0. The van der Waals surface area contributed by atoms with Gasteiger partial charge in [0.2, 0.25) is 5.82 Å². The van der Waals surface area contributed by atoms with Gasteiger partial charge < -0.3 is 5.73 Å². The Morgan fingerprint density at radius 2 is 1.92 bits per heavy atom. The van der Waals surface area contributed by atoms with Crippen molar-refractivity contribution in [1.82, 2.24) is 20.1 Å². The molecule has 3 N–H and O–H groups in total. The molecular weight excluding hydrogens is 327 g/mol. The summed E-state index contributed by atoms with van der Waals surface area (Å²) >= 11 is 0. The number of aromatic nitrogens is 4. The van der Waals surface area contributed by atoms with E-state index >= 15 is 0 Å². The molecule has 1 aromatic carbocycles. The van der Waals surface area contributed by atoms with E-state index in [0.29, 0.717) is 11.3 Å². The van der Waals surface area contributed by atoms with Crippen molar-refractivity contribution < 1.29 is 17.7 Å². The fraction of sp³-hybridized carbons (Fsp3) is 0.143. The third kappa shape index (κ3) is 3.26. The van der Waals surface area contributed by atoms with Crippen molar-refractivity contribution in [3.05, 3.63) is 57.8 Å². The maximum absolute atomic E-state index is 12.6. The van der Waals surface area contributed by atoms with E-state index in [4.69, 9.17) is 5.73 Å². The zero-order chi connectivity index (χ0) is 17.3. The average Bonchev–Trinajstić information content (AvgIpc) is 2.93. The normalized spacial score (nSPS) is 11.6. The molecule has 10 heteroatoms. The summed E-state index contributed by atoms with van der Waals surface area (Å²) in [5, 5.41) is 3.53. The van der Waals surface area contributed by atoms with Gasteiger partial charge in [-0.2, -0.15) is 13.2 Å². The molecule has 2 heterocycles. The van der Waals surface area contributed by atoms with Crippen LogP contribution in [0.5, 0.6) is 0 Å². The van der Waals surface area contributed by atoms with Gasteiger partial charge in [0.05, 0.1) is 17.5 Å². The number of nitrogen functional groups attached to an aromatic ring is 1. The Hall–Kier alpha value is -3.17. The molecule has 0 saturated heterocycles. The maximum atomic E-state index is 12.6. The monoisotopic (exact) mass is 337 g/mol. The predicted octanol–water partition coefficient (Wildman–Crippen LogP) is 2.01. The van der Waals surface area contributed by atoms with Crippen LogP contribution in [-0.2, 0) is 12.6 Å². The lowest BCUT2D eigenvalue weighted by Gasteiger charge is -2.09. The number of rotatable bonds is 3. The van der Waals surface area contributed by atoms with Gasteiger partial charge in [-0.1, -0.05) is 17.3 Å². The summed E-state index contributed by atoms with van der Waals surface area (Å²) in [6.45, 7) is 0. The second-order valence-electron chi connectivity index (χ2n) is 4.91. The molecule has 0 amide bonds. The van der Waals surface area contributed by atoms with Crippen molar-refractivity contribution >= 4 is 5.82 Å². The van der Waals surface area contributed by atoms with Crippen LogP contribution in [0.15, 0.2) is 39.8 Å². The minimum atomic E-state index is -4.40. The van der Waals surface area contributed by atoms with Gasteiger partial charge in [-0.25, -0.2) is 14.8 Å². The van der Waals surface area contributed by atoms with Crippen molar-refractivity contribution in [1.29, 1.82) is 0 Å². The van der Waals surface area contributed by atoms with E-state index in [1.807, 2.05) is 0 Å². The number of H-pyrrole nitrogens is 1. The van der Waals surface area contributed by atoms with Crippen LogP contribution in [0.1, 0.15) is 16.8 Å². The molecule has 2 aromatic heterocycles. The molecule has 3 aromatic rings. The summed E-state index contributed by atoms with van der Waals surface area (Å²) in [5.74, 6) is -0.565. The SMILES string of the molecule is Nc1cnc(-c2noc(=O)[nH]2)c(Cc2ccc(C(F)(F)F)cc2)n1. The second-order valence-corrected chi connectivity index (χ2v) is 4.91. The van der Waals surface area contributed by atoms with E-state index < -0.39 is 17.5 Å². The third-order valence-electron chi connectivity index (χ3n) is 3.18. The zero-order valence-corrected chi connectivity index (χ0v) is 12.0. The van der Waals surface area contributed by atoms with Crippen molar-refractivity contribution in [3.63, 3.8) is 0 Å². The number of halogens is 3. The van der Waals surface area contributed by atoms with Gasteiger partial charge in [-0.3, -0.25) is 9.51 Å². The summed E-state index contributed by atoms with van der Waals surface area (Å²) in [4.78, 5) is 21.6. The van der Waals surface area contributed by atoms with Crippen LogP contribution in [0.2, 0.25) is 0 Å². The van der Waals surface area contributed by atoms with Crippen LogP contribution < -0.4 is 11.5 Å². The number of anilines is 1. The van der Waals surface area contributed by atoms with Crippen molar-refractivity contribution in [2.75, 3.05) is 5.73 Å². The number of nitrogens with zero attached hydrogens (tertiary/aromatic N) is 3. The van der Waals surface area contributed by atoms with Gasteiger partial charge in [0.25, 0.3) is 0 Å². The summed E-state index contributed by atoms with van der Waals surface area (Å²) in [6.07, 6.45) is -2.97. The standard InChI is InChI=1S/C14H10F3N5O2/c15-14(16,17)8-3-1-7(2-4-8)5-9-11(19-6-10(18)20-9)12-21-13(23)24-22-12/h1-4,6H,5H2,(H2,18,20)(H,21,22,23). The van der Waals surface area contributed by atoms with E-state index in [1.165, 1.54) is 18.3 Å². The first-order valence-electron chi connectivity index (χ1n) is 6.67. The van der Waals surface area contributed by atoms with Crippen LogP contribution >= 0.6 is 0 Å². The zero-order valence-electron chi connectivity index (χ0n) is 12.0. The van der Waals surface area contributed by atoms with E-state index in [9.17, 15) is 18.0 Å². The van der Waals surface area contributed by atoms with Crippen LogP contribution in [0, 0.1) is 0 Å². The minimum Gasteiger partial charge on any atom is -0.382 e. The fourth-order valence-corrected chi connectivity index (χ4v) is 2.10. The molecule has 0 fully saturated rings. The molecule has 0 unspecified atom stereocenters. The second kappa shape index (κ2) is 5.80. The van der Waals surface area contributed by atoms with Gasteiger partial charge in [0, 0.05) is 6.42 Å². The number of nitrogens with two attached hydrogens (primary N) is 1. The molecule has 7 nitrogen and oxygen atoms in total. The Labute approximate surface area is 132 Å². The maximum Gasteiger partial charge on any atom is 0.439 e. The average molecular weight is 337 g/mol. The van der Waals surface area contributed by atoms with Crippen molar-refractivity contribution in [2.24, 2.45) is 0 Å². The molecule has 0 aliphatic heterocycles. The Morgan fingerprint density at radius 3 is 2.50 bits per heavy atom.